The molecule has 0 radical (unpaired) electrons. The van der Waals surface area contributed by atoms with Crippen molar-refractivity contribution in [3.8, 4) is 11.4 Å². The Kier molecular flexibility index (Phi) is 4.61. The maximum Gasteiger partial charge on any atom is 0.343 e. The van der Waals surface area contributed by atoms with Gasteiger partial charge in [0.05, 0.1) is 34.7 Å². The Morgan fingerprint density at radius 1 is 1.28 bits per heavy atom. The second kappa shape index (κ2) is 7.15. The molecule has 1 atom stereocenters. The minimum atomic E-state index is -1.82. The first kappa shape index (κ1) is 20.7. The summed E-state index contributed by atoms with van der Waals surface area (Å²) in [6, 6.07) is 9.62. The fraction of sp³-hybridized carbons (Fsp3) is 0.375. The van der Waals surface area contributed by atoms with Crippen LogP contribution in [0, 0.1) is 5.92 Å². The zero-order valence-electron chi connectivity index (χ0n) is 18.4. The number of carbonyl (C=O) groups is 1. The summed E-state index contributed by atoms with van der Waals surface area (Å²) in [6.07, 6.45) is 0.120. The maximum absolute atomic E-state index is 13.2. The minimum absolute atomic E-state index is 0.120. The van der Waals surface area contributed by atoms with Gasteiger partial charge in [0.2, 0.25) is 0 Å². The molecule has 0 aliphatic carbocycles. The molecule has 0 bridgehead atoms. The van der Waals surface area contributed by atoms with Crippen molar-refractivity contribution in [2.45, 2.75) is 45.9 Å². The molecule has 2 aliphatic heterocycles. The number of benzene rings is 1. The molecule has 3 N–H and O–H groups in total. The molecule has 0 fully saturated rings. The Hall–Kier alpha value is -3.23. The number of pyridine rings is 2. The first-order chi connectivity index (χ1) is 15.2. The first-order valence-corrected chi connectivity index (χ1v) is 10.9. The molecule has 0 spiro atoms. The van der Waals surface area contributed by atoms with Crippen LogP contribution < -0.4 is 16.4 Å². The van der Waals surface area contributed by atoms with Crippen LogP contribution in [-0.4, -0.2) is 27.2 Å². The van der Waals surface area contributed by atoms with Gasteiger partial charge in [-0.25, -0.2) is 15.6 Å². The van der Waals surface area contributed by atoms with Gasteiger partial charge in [0.15, 0.2) is 5.60 Å². The Morgan fingerprint density at radius 3 is 2.78 bits per heavy atom. The van der Waals surface area contributed by atoms with Gasteiger partial charge in [0.25, 0.3) is 5.56 Å². The van der Waals surface area contributed by atoms with Crippen molar-refractivity contribution in [2.24, 2.45) is 11.8 Å². The van der Waals surface area contributed by atoms with Gasteiger partial charge in [-0.3, -0.25) is 4.79 Å². The molecular weight excluding hydrogens is 408 g/mol. The Balaban J connectivity index is 1.64. The van der Waals surface area contributed by atoms with Crippen LogP contribution >= 0.6 is 0 Å². The van der Waals surface area contributed by atoms with E-state index in [4.69, 9.17) is 15.6 Å². The van der Waals surface area contributed by atoms with Crippen LogP contribution in [0.4, 0.5) is 5.69 Å². The average Bonchev–Trinajstić information content (AvgIpc) is 3.12. The number of ether oxygens (including phenoxy) is 1. The van der Waals surface area contributed by atoms with Gasteiger partial charge in [-0.1, -0.05) is 20.8 Å². The number of nitrogens with two attached hydrogens (primary N) is 1. The van der Waals surface area contributed by atoms with E-state index in [1.54, 1.807) is 22.6 Å². The highest BCUT2D eigenvalue weighted by Crippen LogP contribution is 2.38. The highest BCUT2D eigenvalue weighted by molar-refractivity contribution is 5.88. The molecule has 4 heterocycles. The fourth-order valence-electron chi connectivity index (χ4n) is 4.65. The van der Waals surface area contributed by atoms with E-state index in [1.165, 1.54) is 0 Å². The summed E-state index contributed by atoms with van der Waals surface area (Å²) >= 11 is 0. The summed E-state index contributed by atoms with van der Waals surface area (Å²) < 4.78 is 6.76. The molecule has 1 aromatic carbocycles. The number of carbonyl (C=O) groups excluding carboxylic acids is 1. The van der Waals surface area contributed by atoms with Crippen molar-refractivity contribution in [2.75, 3.05) is 11.6 Å². The molecule has 2 aromatic heterocycles. The third-order valence-electron chi connectivity index (χ3n) is 6.38. The van der Waals surface area contributed by atoms with Crippen LogP contribution in [0.25, 0.3) is 22.3 Å². The van der Waals surface area contributed by atoms with Crippen LogP contribution in [0.1, 0.15) is 43.9 Å². The van der Waals surface area contributed by atoms with E-state index in [0.717, 1.165) is 28.7 Å². The number of hydrogen-bond donors (Lipinski definition) is 2. The van der Waals surface area contributed by atoms with Crippen molar-refractivity contribution in [3.05, 3.63) is 57.4 Å². The monoisotopic (exact) mass is 434 g/mol. The number of esters is 1. The van der Waals surface area contributed by atoms with Crippen molar-refractivity contribution in [1.82, 2.24) is 9.55 Å². The SMILES string of the molecule is CC[C@@]1(O)C(=O)OCc2c1cc1n(c2=O)Cc2cc3cc(N(N)CC(C)C)ccc3nc2-1. The minimum Gasteiger partial charge on any atom is -0.458 e. The number of nitrogens with zero attached hydrogens (tertiary/aromatic N) is 3. The lowest BCUT2D eigenvalue weighted by Crippen LogP contribution is -2.44. The lowest BCUT2D eigenvalue weighted by Gasteiger charge is -2.31. The molecular formula is C24H26N4O4. The average molecular weight is 434 g/mol. The van der Waals surface area contributed by atoms with Crippen molar-refractivity contribution < 1.29 is 14.6 Å². The van der Waals surface area contributed by atoms with E-state index in [2.05, 4.69) is 13.8 Å². The van der Waals surface area contributed by atoms with Gasteiger partial charge in [-0.2, -0.15) is 0 Å². The van der Waals surface area contributed by atoms with Gasteiger partial charge < -0.3 is 19.4 Å². The third kappa shape index (κ3) is 2.94. The van der Waals surface area contributed by atoms with Crippen molar-refractivity contribution in [1.29, 1.82) is 0 Å². The smallest absolute Gasteiger partial charge is 0.343 e. The van der Waals surface area contributed by atoms with E-state index in [1.807, 2.05) is 24.3 Å². The van der Waals surface area contributed by atoms with Crippen molar-refractivity contribution in [3.63, 3.8) is 0 Å². The van der Waals surface area contributed by atoms with Crippen LogP contribution in [0.5, 0.6) is 0 Å². The van der Waals surface area contributed by atoms with E-state index in [0.29, 0.717) is 35.0 Å². The number of rotatable bonds is 4. The Bertz CT molecular complexity index is 1330. The maximum atomic E-state index is 13.2. The number of fused-ring (bicyclic) bond motifs is 5. The largest absolute Gasteiger partial charge is 0.458 e. The summed E-state index contributed by atoms with van der Waals surface area (Å²) in [5.74, 6) is 5.92. The molecule has 0 amide bonds. The molecule has 0 unspecified atom stereocenters. The zero-order chi connectivity index (χ0) is 22.8. The number of aliphatic hydroxyl groups is 1. The highest BCUT2D eigenvalue weighted by atomic mass is 16.6. The zero-order valence-corrected chi connectivity index (χ0v) is 18.4. The summed E-state index contributed by atoms with van der Waals surface area (Å²) in [6.45, 7) is 6.90. The third-order valence-corrected chi connectivity index (χ3v) is 6.38. The predicted molar refractivity (Wildman–Crippen MR) is 121 cm³/mol. The molecule has 166 valence electrons. The fourth-order valence-corrected chi connectivity index (χ4v) is 4.65. The number of hydrazine groups is 1. The number of hydrogen-bond acceptors (Lipinski definition) is 7. The van der Waals surface area contributed by atoms with Crippen LogP contribution in [0.3, 0.4) is 0 Å². The second-order valence-corrected chi connectivity index (χ2v) is 9.02. The van der Waals surface area contributed by atoms with Crippen LogP contribution in [0.15, 0.2) is 35.1 Å². The summed E-state index contributed by atoms with van der Waals surface area (Å²) in [5, 5.41) is 13.6. The Labute approximate surface area is 185 Å². The van der Waals surface area contributed by atoms with Crippen LogP contribution in [0.2, 0.25) is 0 Å². The van der Waals surface area contributed by atoms with Gasteiger partial charge in [0.1, 0.15) is 6.61 Å². The number of cyclic esters (lactones) is 1. The van der Waals surface area contributed by atoms with Crippen LogP contribution in [-0.2, 0) is 28.3 Å². The van der Waals surface area contributed by atoms with E-state index >= 15 is 0 Å². The molecule has 5 rings (SSSR count). The van der Waals surface area contributed by atoms with E-state index in [-0.39, 0.29) is 18.6 Å². The van der Waals surface area contributed by atoms with E-state index in [9.17, 15) is 14.7 Å². The quantitative estimate of drug-likeness (QED) is 0.288. The summed E-state index contributed by atoms with van der Waals surface area (Å²) in [5.41, 5.74) is 2.46. The first-order valence-electron chi connectivity index (χ1n) is 10.9. The topological polar surface area (TPSA) is 111 Å². The van der Waals surface area contributed by atoms with Gasteiger partial charge in [-0.15, -0.1) is 0 Å². The highest BCUT2D eigenvalue weighted by Gasteiger charge is 2.45. The molecule has 3 aromatic rings. The van der Waals surface area contributed by atoms with Gasteiger partial charge in [0, 0.05) is 23.1 Å². The normalized spacial score (nSPS) is 19.0. The van der Waals surface area contributed by atoms with Gasteiger partial charge in [-0.05, 0) is 42.7 Å². The number of aromatic nitrogens is 2. The molecule has 32 heavy (non-hydrogen) atoms. The molecule has 2 aliphatic rings. The molecule has 8 heteroatoms. The molecule has 0 saturated carbocycles. The number of anilines is 1. The van der Waals surface area contributed by atoms with Crippen molar-refractivity contribution >= 4 is 22.6 Å². The second-order valence-electron chi connectivity index (χ2n) is 9.02. The summed E-state index contributed by atoms with van der Waals surface area (Å²) in [7, 11) is 0. The van der Waals surface area contributed by atoms with E-state index < -0.39 is 11.6 Å². The Morgan fingerprint density at radius 2 is 2.06 bits per heavy atom. The lowest BCUT2D eigenvalue weighted by atomic mass is 9.86. The molecule has 8 nitrogen and oxygen atoms in total. The predicted octanol–water partition coefficient (Wildman–Crippen LogP) is 2.42. The molecule has 0 saturated heterocycles. The lowest BCUT2D eigenvalue weighted by molar-refractivity contribution is -0.172. The van der Waals surface area contributed by atoms with Gasteiger partial charge >= 0.3 is 5.97 Å². The standard InChI is InChI=1S/C24H26N4O4/c1-4-24(31)18-9-20-21-15(11-27(20)22(29)17(18)12-32-23(24)30)7-14-8-16(5-6-19(14)26-21)28(25)10-13(2)3/h5-9,13,31H,4,10-12,25H2,1-3H3/t24-/m0/s1. The summed E-state index contributed by atoms with van der Waals surface area (Å²) in [4.78, 5) is 30.3.